The van der Waals surface area contributed by atoms with Crippen LogP contribution in [0, 0.1) is 0 Å². The van der Waals surface area contributed by atoms with Crippen molar-refractivity contribution in [3.8, 4) is 11.5 Å². The Labute approximate surface area is 304 Å². The summed E-state index contributed by atoms with van der Waals surface area (Å²) >= 11 is 0. The van der Waals surface area contributed by atoms with Crippen molar-refractivity contribution in [1.82, 2.24) is 15.5 Å². The van der Waals surface area contributed by atoms with Crippen LogP contribution in [0.3, 0.4) is 0 Å². The quantitative estimate of drug-likeness (QED) is 0.102. The molecule has 2 aliphatic heterocycles. The van der Waals surface area contributed by atoms with E-state index in [-0.39, 0.29) is 35.7 Å². The molecule has 2 aromatic carbocycles. The van der Waals surface area contributed by atoms with Crippen LogP contribution < -0.4 is 15.4 Å². The molecule has 1 saturated heterocycles. The molecule has 18 heteroatoms. The number of ether oxygens (including phenoxy) is 3. The molecule has 0 aromatic heterocycles. The molecule has 2 aromatic rings. The van der Waals surface area contributed by atoms with Gasteiger partial charge in [-0.1, -0.05) is 45.6 Å². The second kappa shape index (κ2) is 14.4. The smallest absolute Gasteiger partial charge is 0.326 e. The minimum atomic E-state index is -1.79. The van der Waals surface area contributed by atoms with Gasteiger partial charge >= 0.3 is 23.9 Å². The van der Waals surface area contributed by atoms with E-state index in [1.807, 2.05) is 21.2 Å². The minimum absolute atomic E-state index is 0.0571. The number of nitrogens with zero attached hydrogens (tertiary/aromatic N) is 1. The standard InChI is InChI=1S/C35H38N3O14P/c1-38-12-11-34-25-17-7-8-20(39)27(25)51-28(34)21(50-23(40)14-18(31(45)46)36-29(43)26(42)16-5-3-2-4-6-16)9-10-35(34,22(38)13-17)52-24(41)15-19(32(47)48)37-30(44)33(49)53/h2-9,18-19,22,26,28,33,39,42,49H,10-15,53H2,1H3,(H,36,43)(H,37,44)(H,45,46)(H,47,48)/t18-,19-,22+,26-,28?,33-,34?,35+/m0/s1. The number of aliphatic hydroxyl groups is 2. The van der Waals surface area contributed by atoms with Crippen molar-refractivity contribution in [2.45, 2.75) is 79.3 Å². The lowest BCUT2D eigenvalue weighted by Crippen LogP contribution is -2.75. The first kappa shape index (κ1) is 37.7. The number of hydrogen-bond donors (Lipinski definition) is 7. The number of likely N-dealkylation sites (N-methyl/N-ethyl adjacent to an activating group) is 1. The second-order valence-corrected chi connectivity index (χ2v) is 14.1. The van der Waals surface area contributed by atoms with Gasteiger partial charge in [0.15, 0.2) is 23.7 Å². The zero-order valence-electron chi connectivity index (χ0n) is 28.3. The largest absolute Gasteiger partial charge is 0.504 e. The molecule has 3 unspecified atom stereocenters. The van der Waals surface area contributed by atoms with E-state index >= 15 is 0 Å². The molecule has 0 saturated carbocycles. The van der Waals surface area contributed by atoms with Gasteiger partial charge < -0.3 is 50.4 Å². The Morgan fingerprint density at radius 2 is 1.60 bits per heavy atom. The summed E-state index contributed by atoms with van der Waals surface area (Å²) < 4.78 is 18.4. The molecule has 2 amide bonds. The molecule has 1 fully saturated rings. The fourth-order valence-corrected chi connectivity index (χ4v) is 8.15. The van der Waals surface area contributed by atoms with Gasteiger partial charge in [0.25, 0.3) is 11.8 Å². The number of phenols is 1. The van der Waals surface area contributed by atoms with Gasteiger partial charge in [-0.05, 0) is 49.7 Å². The average molecular weight is 756 g/mol. The molecule has 53 heavy (non-hydrogen) atoms. The fraction of sp³-hybridized carbons (Fsp3) is 0.429. The first-order valence-electron chi connectivity index (χ1n) is 16.7. The highest BCUT2D eigenvalue weighted by molar-refractivity contribution is 7.19. The summed E-state index contributed by atoms with van der Waals surface area (Å²) in [6.07, 6.45) is -2.58. The second-order valence-electron chi connectivity index (χ2n) is 13.5. The number of amides is 2. The summed E-state index contributed by atoms with van der Waals surface area (Å²) in [7, 11) is 3.64. The number of hydrogen-bond acceptors (Lipinski definition) is 13. The molecule has 1 spiro atoms. The third-order valence-electron chi connectivity index (χ3n) is 10.4. The Morgan fingerprint density at radius 3 is 2.25 bits per heavy atom. The maximum absolute atomic E-state index is 13.7. The number of benzene rings is 2. The van der Waals surface area contributed by atoms with Crippen molar-refractivity contribution in [2.24, 2.45) is 0 Å². The Bertz CT molecular complexity index is 1890. The van der Waals surface area contributed by atoms with Gasteiger partial charge in [0.05, 0.1) is 24.3 Å². The average Bonchev–Trinajstić information content (AvgIpc) is 3.47. The van der Waals surface area contributed by atoms with Gasteiger partial charge in [-0.15, -0.1) is 0 Å². The van der Waals surface area contributed by atoms with Crippen molar-refractivity contribution in [2.75, 3.05) is 13.6 Å². The number of carbonyl (C=O) groups excluding carboxylic acids is 4. The van der Waals surface area contributed by atoms with Crippen LogP contribution in [0.1, 0.15) is 48.5 Å². The summed E-state index contributed by atoms with van der Waals surface area (Å²) in [5.41, 5.74) is -1.25. The van der Waals surface area contributed by atoms with Crippen LogP contribution in [0.15, 0.2) is 54.3 Å². The maximum atomic E-state index is 13.7. The van der Waals surface area contributed by atoms with Crippen LogP contribution in [0.2, 0.25) is 0 Å². The first-order chi connectivity index (χ1) is 25.1. The number of esters is 2. The highest BCUT2D eigenvalue weighted by atomic mass is 31.0. The van der Waals surface area contributed by atoms with Gasteiger partial charge in [0, 0.05) is 12.0 Å². The van der Waals surface area contributed by atoms with Gasteiger partial charge in [-0.2, -0.15) is 0 Å². The van der Waals surface area contributed by atoms with Crippen LogP contribution in [0.4, 0.5) is 0 Å². The molecule has 7 N–H and O–H groups in total. The third-order valence-corrected chi connectivity index (χ3v) is 10.7. The van der Waals surface area contributed by atoms with E-state index in [1.54, 1.807) is 24.3 Å². The van der Waals surface area contributed by atoms with E-state index in [1.165, 1.54) is 24.3 Å². The molecule has 6 rings (SSSR count). The van der Waals surface area contributed by atoms with E-state index in [2.05, 4.69) is 10.6 Å². The Balaban J connectivity index is 1.30. The monoisotopic (exact) mass is 755 g/mol. The van der Waals surface area contributed by atoms with Crippen molar-refractivity contribution >= 4 is 44.9 Å². The lowest BCUT2D eigenvalue weighted by Gasteiger charge is -2.62. The number of likely N-dealkylation sites (tertiary alicyclic amines) is 1. The highest BCUT2D eigenvalue weighted by Gasteiger charge is 2.74. The number of phenolic OH excluding ortho intramolecular Hbond substituents is 1. The maximum Gasteiger partial charge on any atom is 0.326 e. The number of nitrogens with one attached hydrogen (secondary N) is 2. The van der Waals surface area contributed by atoms with Crippen LogP contribution in [0.25, 0.3) is 0 Å². The predicted octanol–water partition coefficient (Wildman–Crippen LogP) is -0.390. The van der Waals surface area contributed by atoms with Crippen molar-refractivity contribution in [3.63, 3.8) is 0 Å². The molecular weight excluding hydrogens is 717 g/mol. The van der Waals surface area contributed by atoms with Gasteiger partial charge in [0.2, 0.25) is 0 Å². The number of carbonyl (C=O) groups is 6. The summed E-state index contributed by atoms with van der Waals surface area (Å²) in [5.74, 6) is -9.08. The number of aromatic hydroxyl groups is 1. The number of carboxylic acids is 2. The molecule has 17 nitrogen and oxygen atoms in total. The minimum Gasteiger partial charge on any atom is -0.504 e. The molecule has 2 bridgehead atoms. The normalized spacial score (nSPS) is 25.9. The first-order valence-corrected chi connectivity index (χ1v) is 17.3. The molecule has 0 radical (unpaired) electrons. The highest BCUT2D eigenvalue weighted by Crippen LogP contribution is 2.66. The summed E-state index contributed by atoms with van der Waals surface area (Å²) in [6.45, 7) is 0.441. The zero-order chi connectivity index (χ0) is 38.4. The number of aliphatic carboxylic acids is 2. The van der Waals surface area contributed by atoms with Gasteiger partial charge in [-0.25, -0.2) is 9.59 Å². The Kier molecular flexibility index (Phi) is 10.2. The predicted molar refractivity (Wildman–Crippen MR) is 182 cm³/mol. The molecule has 9 atom stereocenters. The summed E-state index contributed by atoms with van der Waals surface area (Å²) in [5, 5.41) is 54.8. The zero-order valence-corrected chi connectivity index (χ0v) is 29.4. The topological polar surface area (TPSA) is 259 Å². The molecule has 282 valence electrons. The van der Waals surface area contributed by atoms with Crippen LogP contribution in [-0.2, 0) is 50.1 Å². The number of carboxylic acid groups (broad SMARTS) is 2. The molecule has 2 heterocycles. The summed E-state index contributed by atoms with van der Waals surface area (Å²) in [4.78, 5) is 78.0. The van der Waals surface area contributed by atoms with Crippen molar-refractivity contribution in [3.05, 3.63) is 71.0 Å². The van der Waals surface area contributed by atoms with Crippen LogP contribution in [-0.4, -0.2) is 115 Å². The van der Waals surface area contributed by atoms with Crippen molar-refractivity contribution < 1.29 is 68.5 Å². The third kappa shape index (κ3) is 6.58. The van der Waals surface area contributed by atoms with E-state index in [9.17, 15) is 54.3 Å². The number of piperidine rings is 1. The van der Waals surface area contributed by atoms with Crippen LogP contribution >= 0.6 is 9.24 Å². The number of aliphatic hydroxyl groups excluding tert-OH is 2. The molecule has 2 aliphatic carbocycles. The molecule has 4 aliphatic rings. The van der Waals surface area contributed by atoms with Gasteiger partial charge in [-0.3, -0.25) is 24.1 Å². The van der Waals surface area contributed by atoms with E-state index < -0.39 is 95.7 Å². The Morgan fingerprint density at radius 1 is 0.962 bits per heavy atom. The fourth-order valence-electron chi connectivity index (χ4n) is 8.05. The van der Waals surface area contributed by atoms with E-state index in [4.69, 9.17) is 14.2 Å². The van der Waals surface area contributed by atoms with Crippen LogP contribution in [0.5, 0.6) is 11.5 Å². The molecular formula is C35H38N3O14P. The summed E-state index contributed by atoms with van der Waals surface area (Å²) in [6, 6.07) is 6.92. The lowest BCUT2D eigenvalue weighted by atomic mass is 9.50. The van der Waals surface area contributed by atoms with Crippen molar-refractivity contribution in [1.29, 1.82) is 0 Å². The van der Waals surface area contributed by atoms with Gasteiger partial charge in [0.1, 0.15) is 29.3 Å². The van der Waals surface area contributed by atoms with E-state index in [0.717, 1.165) is 5.56 Å². The SMILES string of the molecule is CN1CCC23c4c5ccc(O)c4OC2C(OC(=O)C[C@H](NC(=O)[C@@H](O)c2ccccc2)C(=O)O)=CC[C@@]3(OC(=O)C[C@H](NC(=O)[C@@H](O)P)C(=O)O)[C@H]1C5. The lowest BCUT2D eigenvalue weighted by molar-refractivity contribution is -0.207. The number of rotatable bonds is 13. The van der Waals surface area contributed by atoms with E-state index in [0.29, 0.717) is 18.5 Å². The Hall–Kier alpha value is -5.09.